The van der Waals surface area contributed by atoms with Crippen LogP contribution in [0.1, 0.15) is 26.5 Å². The van der Waals surface area contributed by atoms with Crippen molar-refractivity contribution in [2.45, 2.75) is 6.18 Å². The Balaban J connectivity index is 2.37. The molecule has 0 saturated heterocycles. The van der Waals surface area contributed by atoms with E-state index in [1.165, 1.54) is 24.3 Å². The van der Waals surface area contributed by atoms with Crippen molar-refractivity contribution in [1.29, 1.82) is 0 Å². The Morgan fingerprint density at radius 2 is 1.78 bits per heavy atom. The van der Waals surface area contributed by atoms with Crippen LogP contribution in [0.5, 0.6) is 0 Å². The number of hydrogen-bond acceptors (Lipinski definition) is 3. The number of rotatable bonds is 3. The van der Waals surface area contributed by atoms with Gasteiger partial charge in [0.25, 0.3) is 11.8 Å². The van der Waals surface area contributed by atoms with Crippen LogP contribution in [-0.4, -0.2) is 16.8 Å². The topological polar surface area (TPSA) is 85.1 Å². The fourth-order valence-electron chi connectivity index (χ4n) is 1.75. The third-order valence-electron chi connectivity index (χ3n) is 2.79. The molecule has 1 heterocycles. The summed E-state index contributed by atoms with van der Waals surface area (Å²) in [5.74, 6) is -1.69. The van der Waals surface area contributed by atoms with E-state index in [0.717, 1.165) is 12.1 Å². The van der Waals surface area contributed by atoms with E-state index in [4.69, 9.17) is 5.73 Å². The van der Waals surface area contributed by atoms with Gasteiger partial charge in [-0.2, -0.15) is 13.2 Å². The van der Waals surface area contributed by atoms with Crippen molar-refractivity contribution < 1.29 is 22.8 Å². The lowest BCUT2D eigenvalue weighted by Crippen LogP contribution is -2.20. The molecule has 2 amide bonds. The monoisotopic (exact) mass is 387 g/mol. The molecule has 0 aliphatic rings. The summed E-state index contributed by atoms with van der Waals surface area (Å²) in [7, 11) is 0. The first kappa shape index (κ1) is 16.9. The summed E-state index contributed by atoms with van der Waals surface area (Å²) < 4.78 is 38.2. The number of alkyl halides is 3. The molecule has 0 fully saturated rings. The second-order valence-corrected chi connectivity index (χ2v) is 5.24. The maximum absolute atomic E-state index is 12.7. The van der Waals surface area contributed by atoms with Crippen molar-refractivity contribution in [1.82, 2.24) is 4.98 Å². The number of pyridine rings is 1. The first-order chi connectivity index (χ1) is 10.7. The van der Waals surface area contributed by atoms with Crippen LogP contribution < -0.4 is 11.1 Å². The number of nitrogens with one attached hydrogen (secondary N) is 1. The zero-order valence-electron chi connectivity index (χ0n) is 11.3. The summed E-state index contributed by atoms with van der Waals surface area (Å²) in [6, 6.07) is 7.68. The Hall–Kier alpha value is -2.42. The van der Waals surface area contributed by atoms with Crippen LogP contribution in [0.4, 0.5) is 18.9 Å². The molecule has 0 saturated carbocycles. The number of amides is 2. The third-order valence-corrected chi connectivity index (χ3v) is 3.43. The van der Waals surface area contributed by atoms with Gasteiger partial charge in [0.2, 0.25) is 0 Å². The highest BCUT2D eigenvalue weighted by Crippen LogP contribution is 2.29. The van der Waals surface area contributed by atoms with E-state index in [9.17, 15) is 22.8 Å². The summed E-state index contributed by atoms with van der Waals surface area (Å²) in [5.41, 5.74) is 3.63. The number of para-hydroxylation sites is 1. The zero-order chi connectivity index (χ0) is 17.2. The van der Waals surface area contributed by atoms with Crippen LogP contribution in [0.2, 0.25) is 0 Å². The number of carbonyl (C=O) groups excluding carboxylic acids is 2. The van der Waals surface area contributed by atoms with Crippen LogP contribution in [0.3, 0.4) is 0 Å². The molecular formula is C14H9BrF3N3O2. The number of halogens is 4. The summed E-state index contributed by atoms with van der Waals surface area (Å²) in [5, 5.41) is 2.33. The first-order valence-electron chi connectivity index (χ1n) is 6.14. The molecule has 0 aliphatic carbocycles. The number of aromatic nitrogens is 1. The van der Waals surface area contributed by atoms with Crippen molar-refractivity contribution >= 4 is 33.4 Å². The minimum atomic E-state index is -4.68. The first-order valence-corrected chi connectivity index (χ1v) is 6.93. The van der Waals surface area contributed by atoms with Crippen molar-refractivity contribution in [3.8, 4) is 0 Å². The maximum Gasteiger partial charge on any atom is 0.433 e. The third kappa shape index (κ3) is 3.86. The van der Waals surface area contributed by atoms with Gasteiger partial charge in [-0.3, -0.25) is 9.59 Å². The van der Waals surface area contributed by atoms with Gasteiger partial charge in [-0.15, -0.1) is 0 Å². The standard InChI is InChI=1S/C14H9BrF3N3O2/c15-8-5-6-10(14(16,17)18)21-11(8)13(23)20-9-4-2-1-3-7(9)12(19)22/h1-6H,(H2,19,22)(H,20,23). The van der Waals surface area contributed by atoms with Gasteiger partial charge in [0.15, 0.2) is 0 Å². The Kier molecular flexibility index (Phi) is 4.69. The normalized spacial score (nSPS) is 11.1. The number of nitrogens with two attached hydrogens (primary N) is 1. The van der Waals surface area contributed by atoms with E-state index in [-0.39, 0.29) is 15.7 Å². The van der Waals surface area contributed by atoms with Crippen LogP contribution in [-0.2, 0) is 6.18 Å². The molecule has 0 spiro atoms. The Morgan fingerprint density at radius 1 is 1.13 bits per heavy atom. The Labute approximate surface area is 136 Å². The molecule has 1 aromatic carbocycles. The quantitative estimate of drug-likeness (QED) is 0.847. The van der Waals surface area contributed by atoms with Crippen molar-refractivity contribution in [2.75, 3.05) is 5.32 Å². The van der Waals surface area contributed by atoms with Crippen LogP contribution in [0, 0.1) is 0 Å². The lowest BCUT2D eigenvalue weighted by atomic mass is 10.1. The molecule has 0 bridgehead atoms. The summed E-state index contributed by atoms with van der Waals surface area (Å²) in [6.07, 6.45) is -4.68. The zero-order valence-corrected chi connectivity index (χ0v) is 12.9. The van der Waals surface area contributed by atoms with Gasteiger partial charge in [0.1, 0.15) is 11.4 Å². The van der Waals surface area contributed by atoms with Gasteiger partial charge in [0, 0.05) is 4.47 Å². The average molecular weight is 388 g/mol. The van der Waals surface area contributed by atoms with Gasteiger partial charge >= 0.3 is 6.18 Å². The molecule has 2 aromatic rings. The summed E-state index contributed by atoms with van der Waals surface area (Å²) >= 11 is 2.98. The van der Waals surface area contributed by atoms with Gasteiger partial charge in [-0.25, -0.2) is 4.98 Å². The predicted octanol–water partition coefficient (Wildman–Crippen LogP) is 3.21. The van der Waals surface area contributed by atoms with Crippen LogP contribution >= 0.6 is 15.9 Å². The number of carbonyl (C=O) groups is 2. The molecular weight excluding hydrogens is 379 g/mol. The molecule has 0 atom stereocenters. The van der Waals surface area contributed by atoms with E-state index in [0.29, 0.717) is 0 Å². The van der Waals surface area contributed by atoms with Crippen LogP contribution in [0.25, 0.3) is 0 Å². The lowest BCUT2D eigenvalue weighted by molar-refractivity contribution is -0.141. The fourth-order valence-corrected chi connectivity index (χ4v) is 2.15. The Bertz CT molecular complexity index is 778. The minimum absolute atomic E-state index is 0.0314. The van der Waals surface area contributed by atoms with Crippen molar-refractivity contribution in [3.05, 3.63) is 57.8 Å². The molecule has 5 nitrogen and oxygen atoms in total. The lowest BCUT2D eigenvalue weighted by Gasteiger charge is -2.11. The summed E-state index contributed by atoms with van der Waals surface area (Å²) in [6.45, 7) is 0. The molecule has 0 aliphatic heterocycles. The molecule has 2 rings (SSSR count). The van der Waals surface area contributed by atoms with Gasteiger partial charge < -0.3 is 11.1 Å². The molecule has 0 unspecified atom stereocenters. The number of benzene rings is 1. The smallest absolute Gasteiger partial charge is 0.366 e. The number of hydrogen-bond donors (Lipinski definition) is 2. The van der Waals surface area contributed by atoms with Gasteiger partial charge in [-0.05, 0) is 40.2 Å². The highest BCUT2D eigenvalue weighted by atomic mass is 79.9. The predicted molar refractivity (Wildman–Crippen MR) is 79.9 cm³/mol. The van der Waals surface area contributed by atoms with Crippen LogP contribution in [0.15, 0.2) is 40.9 Å². The second kappa shape index (κ2) is 6.37. The molecule has 1 aromatic heterocycles. The Morgan fingerprint density at radius 3 is 2.39 bits per heavy atom. The number of nitrogens with zero attached hydrogens (tertiary/aromatic N) is 1. The largest absolute Gasteiger partial charge is 0.433 e. The molecule has 120 valence electrons. The van der Waals surface area contributed by atoms with Crippen molar-refractivity contribution in [3.63, 3.8) is 0 Å². The molecule has 0 radical (unpaired) electrons. The van der Waals surface area contributed by atoms with E-state index < -0.39 is 29.4 Å². The minimum Gasteiger partial charge on any atom is -0.366 e. The molecule has 9 heteroatoms. The highest BCUT2D eigenvalue weighted by molar-refractivity contribution is 9.10. The number of primary amides is 1. The molecule has 23 heavy (non-hydrogen) atoms. The van der Waals surface area contributed by atoms with Gasteiger partial charge in [-0.1, -0.05) is 12.1 Å². The fraction of sp³-hybridized carbons (Fsp3) is 0.0714. The van der Waals surface area contributed by atoms with Crippen molar-refractivity contribution in [2.24, 2.45) is 5.73 Å². The highest BCUT2D eigenvalue weighted by Gasteiger charge is 2.33. The maximum atomic E-state index is 12.7. The summed E-state index contributed by atoms with van der Waals surface area (Å²) in [4.78, 5) is 26.8. The second-order valence-electron chi connectivity index (χ2n) is 4.39. The van der Waals surface area contributed by atoms with E-state index >= 15 is 0 Å². The van der Waals surface area contributed by atoms with E-state index in [1.54, 1.807) is 0 Å². The van der Waals surface area contributed by atoms with Gasteiger partial charge in [0.05, 0.1) is 11.3 Å². The SMILES string of the molecule is NC(=O)c1ccccc1NC(=O)c1nc(C(F)(F)F)ccc1Br. The number of anilines is 1. The average Bonchev–Trinajstić information content (AvgIpc) is 2.46. The van der Waals surface area contributed by atoms with E-state index in [1.807, 2.05) is 0 Å². The molecule has 3 N–H and O–H groups in total. The van der Waals surface area contributed by atoms with E-state index in [2.05, 4.69) is 26.2 Å².